The highest BCUT2D eigenvalue weighted by Crippen LogP contribution is 2.29. The molecule has 1 aliphatic heterocycles. The van der Waals surface area contributed by atoms with Crippen LogP contribution in [0.25, 0.3) is 0 Å². The van der Waals surface area contributed by atoms with Gasteiger partial charge < -0.3 is 4.90 Å². The van der Waals surface area contributed by atoms with Gasteiger partial charge in [-0.3, -0.25) is 0 Å². The standard InChI is InChI=1S/C14H13ClF2N2O2S2/c15-13-3-4-14(22-13)23(20,21)19-7-5-18(6-8-19)10-1-2-11(16)12(17)9-10/h1-4,9H,5-8H2. The quantitative estimate of drug-likeness (QED) is 0.823. The van der Waals surface area contributed by atoms with Crippen LogP contribution in [0.2, 0.25) is 4.34 Å². The van der Waals surface area contributed by atoms with Crippen molar-refractivity contribution < 1.29 is 17.2 Å². The lowest BCUT2D eigenvalue weighted by atomic mass is 10.2. The second-order valence-electron chi connectivity index (χ2n) is 5.05. The summed E-state index contributed by atoms with van der Waals surface area (Å²) in [6.45, 7) is 1.36. The van der Waals surface area contributed by atoms with E-state index >= 15 is 0 Å². The third kappa shape index (κ3) is 3.35. The van der Waals surface area contributed by atoms with Gasteiger partial charge in [-0.05, 0) is 24.3 Å². The summed E-state index contributed by atoms with van der Waals surface area (Å²) in [5, 5.41) is 0. The molecule has 2 aromatic rings. The molecular formula is C14H13ClF2N2O2S2. The van der Waals surface area contributed by atoms with Crippen molar-refractivity contribution in [3.05, 3.63) is 46.3 Å². The molecule has 0 atom stereocenters. The molecule has 1 fully saturated rings. The molecule has 0 unspecified atom stereocenters. The number of halogens is 3. The van der Waals surface area contributed by atoms with Crippen molar-refractivity contribution in [2.24, 2.45) is 0 Å². The van der Waals surface area contributed by atoms with E-state index in [0.29, 0.717) is 23.1 Å². The summed E-state index contributed by atoms with van der Waals surface area (Å²) in [6.07, 6.45) is 0. The van der Waals surface area contributed by atoms with Crippen LogP contribution in [-0.2, 0) is 10.0 Å². The second-order valence-corrected chi connectivity index (χ2v) is 8.93. The zero-order valence-corrected chi connectivity index (χ0v) is 14.3. The summed E-state index contributed by atoms with van der Waals surface area (Å²) in [4.78, 5) is 1.83. The normalized spacial score (nSPS) is 16.7. The van der Waals surface area contributed by atoms with Crippen molar-refractivity contribution in [1.29, 1.82) is 0 Å². The van der Waals surface area contributed by atoms with E-state index in [2.05, 4.69) is 0 Å². The van der Waals surface area contributed by atoms with E-state index in [-0.39, 0.29) is 17.3 Å². The number of rotatable bonds is 3. The SMILES string of the molecule is O=S(=O)(c1ccc(Cl)s1)N1CCN(c2ccc(F)c(F)c2)CC1. The minimum Gasteiger partial charge on any atom is -0.369 e. The summed E-state index contributed by atoms with van der Waals surface area (Å²) in [5.41, 5.74) is 0.542. The highest BCUT2D eigenvalue weighted by Gasteiger charge is 2.29. The number of hydrogen-bond acceptors (Lipinski definition) is 4. The summed E-state index contributed by atoms with van der Waals surface area (Å²) in [7, 11) is -3.56. The Balaban J connectivity index is 1.72. The van der Waals surface area contributed by atoms with Gasteiger partial charge in [0.2, 0.25) is 0 Å². The maximum atomic E-state index is 13.3. The number of hydrogen-bond donors (Lipinski definition) is 0. The fourth-order valence-electron chi connectivity index (χ4n) is 2.43. The van der Waals surface area contributed by atoms with Crippen LogP contribution in [0.15, 0.2) is 34.5 Å². The Morgan fingerprint density at radius 3 is 2.26 bits per heavy atom. The smallest absolute Gasteiger partial charge is 0.252 e. The molecule has 2 heterocycles. The average molecular weight is 379 g/mol. The Morgan fingerprint density at radius 1 is 1.00 bits per heavy atom. The molecule has 1 aliphatic rings. The molecule has 1 aromatic carbocycles. The molecule has 9 heteroatoms. The molecule has 1 saturated heterocycles. The highest BCUT2D eigenvalue weighted by molar-refractivity contribution is 7.91. The van der Waals surface area contributed by atoms with E-state index in [0.717, 1.165) is 23.5 Å². The van der Waals surface area contributed by atoms with Gasteiger partial charge in [0.05, 0.1) is 4.34 Å². The Hall–Kier alpha value is -1.22. The minimum absolute atomic E-state index is 0.212. The number of piperazine rings is 1. The molecule has 1 aromatic heterocycles. The highest BCUT2D eigenvalue weighted by atomic mass is 35.5. The van der Waals surface area contributed by atoms with Crippen LogP contribution >= 0.6 is 22.9 Å². The first-order valence-corrected chi connectivity index (χ1v) is 9.47. The topological polar surface area (TPSA) is 40.6 Å². The fourth-order valence-corrected chi connectivity index (χ4v) is 5.49. The predicted molar refractivity (Wildman–Crippen MR) is 86.7 cm³/mol. The lowest BCUT2D eigenvalue weighted by Crippen LogP contribution is -2.48. The van der Waals surface area contributed by atoms with Crippen LogP contribution in [0.5, 0.6) is 0 Å². The first kappa shape index (κ1) is 16.6. The molecule has 0 bridgehead atoms. The summed E-state index contributed by atoms with van der Waals surface area (Å²) >= 11 is 6.82. The second kappa shape index (κ2) is 6.35. The number of nitrogens with zero attached hydrogens (tertiary/aromatic N) is 2. The zero-order chi connectivity index (χ0) is 16.6. The van der Waals surface area contributed by atoms with Crippen LogP contribution < -0.4 is 4.90 Å². The predicted octanol–water partition coefficient (Wildman–Crippen LogP) is 3.19. The van der Waals surface area contributed by atoms with Crippen LogP contribution in [-0.4, -0.2) is 38.9 Å². The number of thiophene rings is 1. The Bertz CT molecular complexity index is 818. The zero-order valence-electron chi connectivity index (χ0n) is 11.9. The molecule has 0 amide bonds. The van der Waals surface area contributed by atoms with Gasteiger partial charge in [0.1, 0.15) is 4.21 Å². The van der Waals surface area contributed by atoms with Crippen molar-refractivity contribution >= 4 is 38.6 Å². The van der Waals surface area contributed by atoms with Gasteiger partial charge in [0, 0.05) is 37.9 Å². The molecule has 0 radical (unpaired) electrons. The van der Waals surface area contributed by atoms with Gasteiger partial charge >= 0.3 is 0 Å². The van der Waals surface area contributed by atoms with Crippen molar-refractivity contribution in [2.45, 2.75) is 4.21 Å². The van der Waals surface area contributed by atoms with Gasteiger partial charge in [-0.15, -0.1) is 11.3 Å². The molecule has 23 heavy (non-hydrogen) atoms. The fraction of sp³-hybridized carbons (Fsp3) is 0.286. The molecule has 0 aliphatic carbocycles. The lowest BCUT2D eigenvalue weighted by molar-refractivity contribution is 0.385. The van der Waals surface area contributed by atoms with Crippen molar-refractivity contribution in [3.8, 4) is 0 Å². The number of sulfonamides is 1. The number of anilines is 1. The summed E-state index contributed by atoms with van der Waals surface area (Å²) < 4.78 is 53.3. The summed E-state index contributed by atoms with van der Waals surface area (Å²) in [6, 6.07) is 6.72. The van der Waals surface area contributed by atoms with Gasteiger partial charge in [-0.2, -0.15) is 4.31 Å². The maximum absolute atomic E-state index is 13.3. The Labute approximate surface area is 141 Å². The first-order valence-electron chi connectivity index (χ1n) is 6.83. The van der Waals surface area contributed by atoms with E-state index < -0.39 is 21.7 Å². The molecule has 3 rings (SSSR count). The van der Waals surface area contributed by atoms with Crippen molar-refractivity contribution in [1.82, 2.24) is 4.31 Å². The van der Waals surface area contributed by atoms with Crippen LogP contribution in [0, 0.1) is 11.6 Å². The monoisotopic (exact) mass is 378 g/mol. The van der Waals surface area contributed by atoms with Crippen LogP contribution in [0.4, 0.5) is 14.5 Å². The summed E-state index contributed by atoms with van der Waals surface area (Å²) in [5.74, 6) is -1.81. The van der Waals surface area contributed by atoms with Gasteiger partial charge in [-0.1, -0.05) is 11.6 Å². The third-order valence-electron chi connectivity index (χ3n) is 3.65. The maximum Gasteiger partial charge on any atom is 0.252 e. The molecule has 124 valence electrons. The average Bonchev–Trinajstić information content (AvgIpc) is 2.97. The molecule has 0 spiro atoms. The van der Waals surface area contributed by atoms with Crippen LogP contribution in [0.3, 0.4) is 0 Å². The molecule has 0 N–H and O–H groups in total. The molecule has 0 saturated carbocycles. The third-order valence-corrected chi connectivity index (χ3v) is 7.25. The Morgan fingerprint density at radius 2 is 1.70 bits per heavy atom. The van der Waals surface area contributed by atoms with E-state index in [1.54, 1.807) is 6.07 Å². The minimum atomic E-state index is -3.56. The van der Waals surface area contributed by atoms with Gasteiger partial charge in [0.15, 0.2) is 11.6 Å². The largest absolute Gasteiger partial charge is 0.369 e. The van der Waals surface area contributed by atoms with E-state index in [4.69, 9.17) is 11.6 Å². The molecular weight excluding hydrogens is 366 g/mol. The van der Waals surface area contributed by atoms with Gasteiger partial charge in [-0.25, -0.2) is 17.2 Å². The van der Waals surface area contributed by atoms with Gasteiger partial charge in [0.25, 0.3) is 10.0 Å². The molecule has 4 nitrogen and oxygen atoms in total. The van der Waals surface area contributed by atoms with Crippen LogP contribution in [0.1, 0.15) is 0 Å². The van der Waals surface area contributed by atoms with Crippen molar-refractivity contribution in [2.75, 3.05) is 31.1 Å². The Kier molecular flexibility index (Phi) is 4.59. The lowest BCUT2D eigenvalue weighted by Gasteiger charge is -2.35. The van der Waals surface area contributed by atoms with E-state index in [1.165, 1.54) is 16.4 Å². The van der Waals surface area contributed by atoms with E-state index in [1.807, 2.05) is 4.90 Å². The number of benzene rings is 1. The first-order chi connectivity index (χ1) is 10.9. The van der Waals surface area contributed by atoms with Crippen molar-refractivity contribution in [3.63, 3.8) is 0 Å². The van der Waals surface area contributed by atoms with E-state index in [9.17, 15) is 17.2 Å².